The molecule has 19 heavy (non-hydrogen) atoms. The molecule has 5 atom stereocenters. The van der Waals surface area contributed by atoms with Gasteiger partial charge < -0.3 is 9.47 Å². The van der Waals surface area contributed by atoms with Crippen LogP contribution in [-0.2, 0) is 14.3 Å². The third-order valence-electron chi connectivity index (χ3n) is 5.28. The first kappa shape index (κ1) is 13.3. The number of hydrogen-bond acceptors (Lipinski definition) is 3. The van der Waals surface area contributed by atoms with Crippen LogP contribution in [0.5, 0.6) is 0 Å². The third-order valence-corrected chi connectivity index (χ3v) is 5.28. The van der Waals surface area contributed by atoms with Crippen molar-refractivity contribution in [2.45, 2.75) is 52.4 Å². The molecule has 3 nitrogen and oxygen atoms in total. The summed E-state index contributed by atoms with van der Waals surface area (Å²) in [6, 6.07) is 0. The molecule has 0 spiro atoms. The summed E-state index contributed by atoms with van der Waals surface area (Å²) in [6.45, 7) is 6.38. The van der Waals surface area contributed by atoms with Crippen molar-refractivity contribution >= 4 is 5.78 Å². The Kier molecular flexibility index (Phi) is 3.10. The molecule has 4 bridgehead atoms. The molecule has 0 aromatic carbocycles. The first-order chi connectivity index (χ1) is 8.99. The molecule has 4 rings (SSSR count). The minimum Gasteiger partial charge on any atom is -0.355 e. The molecule has 0 radical (unpaired) electrons. The second-order valence-corrected chi connectivity index (χ2v) is 6.90. The van der Waals surface area contributed by atoms with Crippen molar-refractivity contribution in [1.82, 2.24) is 0 Å². The van der Waals surface area contributed by atoms with Gasteiger partial charge in [0, 0.05) is 31.3 Å². The summed E-state index contributed by atoms with van der Waals surface area (Å²) < 4.78 is 11.6. The molecule has 5 unspecified atom stereocenters. The molecule has 0 N–H and O–H groups in total. The largest absolute Gasteiger partial charge is 0.355 e. The van der Waals surface area contributed by atoms with E-state index < -0.39 is 0 Å². The van der Waals surface area contributed by atoms with Crippen LogP contribution in [0.15, 0.2) is 11.6 Å². The topological polar surface area (TPSA) is 35.5 Å². The first-order valence-corrected chi connectivity index (χ1v) is 7.37. The molecule has 1 aliphatic heterocycles. The van der Waals surface area contributed by atoms with E-state index in [2.05, 4.69) is 26.8 Å². The zero-order valence-corrected chi connectivity index (χ0v) is 12.3. The van der Waals surface area contributed by atoms with Gasteiger partial charge in [0.1, 0.15) is 5.78 Å². The molecule has 3 heteroatoms. The van der Waals surface area contributed by atoms with Gasteiger partial charge in [-0.05, 0) is 25.2 Å². The molecular formula is C16H24O3. The van der Waals surface area contributed by atoms with Crippen LogP contribution in [0.4, 0.5) is 0 Å². The third kappa shape index (κ3) is 1.74. The second kappa shape index (κ2) is 4.42. The summed E-state index contributed by atoms with van der Waals surface area (Å²) in [6.07, 6.45) is 4.67. The summed E-state index contributed by atoms with van der Waals surface area (Å²) >= 11 is 0. The molecule has 0 aromatic rings. The predicted octanol–water partition coefficient (Wildman–Crippen LogP) is 2.95. The number of ether oxygens (including phenoxy) is 2. The van der Waals surface area contributed by atoms with Gasteiger partial charge in [0.15, 0.2) is 6.29 Å². The van der Waals surface area contributed by atoms with Gasteiger partial charge in [0.2, 0.25) is 0 Å². The van der Waals surface area contributed by atoms with E-state index in [9.17, 15) is 4.79 Å². The van der Waals surface area contributed by atoms with Crippen molar-refractivity contribution in [3.8, 4) is 0 Å². The van der Waals surface area contributed by atoms with E-state index in [-0.39, 0.29) is 17.8 Å². The highest BCUT2D eigenvalue weighted by atomic mass is 16.7. The number of carbonyl (C=O) groups excluding carboxylic acids is 1. The molecule has 2 fully saturated rings. The fraction of sp³-hybridized carbons (Fsp3) is 0.812. The summed E-state index contributed by atoms with van der Waals surface area (Å²) in [5, 5.41) is 0. The van der Waals surface area contributed by atoms with E-state index in [0.29, 0.717) is 36.4 Å². The van der Waals surface area contributed by atoms with Crippen LogP contribution in [-0.4, -0.2) is 25.3 Å². The Morgan fingerprint density at radius 2 is 2.32 bits per heavy atom. The highest BCUT2D eigenvalue weighted by Gasteiger charge is 2.69. The van der Waals surface area contributed by atoms with Gasteiger partial charge in [-0.3, -0.25) is 4.79 Å². The van der Waals surface area contributed by atoms with Crippen molar-refractivity contribution in [2.75, 3.05) is 7.11 Å². The first-order valence-electron chi connectivity index (χ1n) is 7.37. The standard InChI is InChI=1S/C16H24O3/c1-9(2)5-11(17)8-16-12-7-13(16)14(6-10(12)3)19-15(16)18-4/h6,9,12-15H,5,7-8H2,1-4H3. The Hall–Kier alpha value is -0.670. The van der Waals surface area contributed by atoms with Crippen LogP contribution in [0.2, 0.25) is 0 Å². The zero-order chi connectivity index (χ0) is 13.8. The Morgan fingerprint density at radius 1 is 1.58 bits per heavy atom. The Labute approximate surface area is 115 Å². The average Bonchev–Trinajstić information content (AvgIpc) is 2.45. The van der Waals surface area contributed by atoms with Gasteiger partial charge in [-0.15, -0.1) is 0 Å². The van der Waals surface area contributed by atoms with Gasteiger partial charge in [-0.25, -0.2) is 0 Å². The normalized spacial score (nSPS) is 43.1. The van der Waals surface area contributed by atoms with Crippen molar-refractivity contribution < 1.29 is 14.3 Å². The lowest BCUT2D eigenvalue weighted by Crippen LogP contribution is -2.57. The lowest BCUT2D eigenvalue weighted by atomic mass is 9.46. The maximum Gasteiger partial charge on any atom is 0.164 e. The smallest absolute Gasteiger partial charge is 0.164 e. The van der Waals surface area contributed by atoms with Crippen molar-refractivity contribution in [2.24, 2.45) is 23.2 Å². The van der Waals surface area contributed by atoms with Crippen molar-refractivity contribution in [1.29, 1.82) is 0 Å². The fourth-order valence-corrected chi connectivity index (χ4v) is 4.56. The van der Waals surface area contributed by atoms with E-state index in [0.717, 1.165) is 0 Å². The fourth-order valence-electron chi connectivity index (χ4n) is 4.56. The van der Waals surface area contributed by atoms with Crippen LogP contribution < -0.4 is 0 Å². The minimum atomic E-state index is -0.203. The highest BCUT2D eigenvalue weighted by molar-refractivity contribution is 5.80. The van der Waals surface area contributed by atoms with Crippen molar-refractivity contribution in [3.05, 3.63) is 11.6 Å². The van der Waals surface area contributed by atoms with Gasteiger partial charge in [-0.2, -0.15) is 0 Å². The van der Waals surface area contributed by atoms with Crippen molar-refractivity contribution in [3.63, 3.8) is 0 Å². The molecule has 1 saturated heterocycles. The highest BCUT2D eigenvalue weighted by Crippen LogP contribution is 2.68. The minimum absolute atomic E-state index is 0.0653. The molecule has 4 aliphatic rings. The van der Waals surface area contributed by atoms with Crippen LogP contribution in [0.3, 0.4) is 0 Å². The van der Waals surface area contributed by atoms with Crippen LogP contribution in [0, 0.1) is 23.2 Å². The lowest BCUT2D eigenvalue weighted by molar-refractivity contribution is -0.183. The lowest BCUT2D eigenvalue weighted by Gasteiger charge is -2.56. The van der Waals surface area contributed by atoms with E-state index >= 15 is 0 Å². The number of methoxy groups -OCH3 is 1. The number of hydrogen-bond donors (Lipinski definition) is 0. The Bertz CT molecular complexity index is 426. The molecule has 3 aliphatic carbocycles. The number of allylic oxidation sites excluding steroid dienone is 1. The number of rotatable bonds is 5. The van der Waals surface area contributed by atoms with E-state index in [4.69, 9.17) is 9.47 Å². The molecule has 1 saturated carbocycles. The van der Waals surface area contributed by atoms with E-state index in [1.54, 1.807) is 7.11 Å². The molecule has 0 amide bonds. The maximum atomic E-state index is 12.3. The zero-order valence-electron chi connectivity index (χ0n) is 12.3. The van der Waals surface area contributed by atoms with Gasteiger partial charge in [0.05, 0.1) is 6.10 Å². The monoisotopic (exact) mass is 264 g/mol. The average molecular weight is 264 g/mol. The summed E-state index contributed by atoms with van der Waals surface area (Å²) in [7, 11) is 1.70. The van der Waals surface area contributed by atoms with Gasteiger partial charge in [0.25, 0.3) is 0 Å². The molecule has 1 heterocycles. The maximum absolute atomic E-state index is 12.3. The predicted molar refractivity (Wildman–Crippen MR) is 72.5 cm³/mol. The Balaban J connectivity index is 1.84. The molecule has 106 valence electrons. The second-order valence-electron chi connectivity index (χ2n) is 6.90. The van der Waals surface area contributed by atoms with Gasteiger partial charge >= 0.3 is 0 Å². The van der Waals surface area contributed by atoms with Gasteiger partial charge in [-0.1, -0.05) is 25.5 Å². The molecule has 0 aromatic heterocycles. The number of Topliss-reactive ketones (excluding diaryl/α,β-unsaturated/α-hetero) is 1. The van der Waals surface area contributed by atoms with Crippen LogP contribution in [0.1, 0.15) is 40.0 Å². The number of ketones is 1. The summed E-state index contributed by atoms with van der Waals surface area (Å²) in [5.74, 6) is 1.77. The Morgan fingerprint density at radius 3 is 2.89 bits per heavy atom. The SMILES string of the molecule is COC1OC2C=C(C)C3CC2C13CC(=O)CC(C)C. The number of carbonyl (C=O) groups is 1. The van der Waals surface area contributed by atoms with E-state index in [1.807, 2.05) is 0 Å². The molecular weight excluding hydrogens is 240 g/mol. The van der Waals surface area contributed by atoms with Crippen LogP contribution >= 0.6 is 0 Å². The summed E-state index contributed by atoms with van der Waals surface area (Å²) in [4.78, 5) is 12.3. The quantitative estimate of drug-likeness (QED) is 0.716. The van der Waals surface area contributed by atoms with E-state index in [1.165, 1.54) is 12.0 Å². The van der Waals surface area contributed by atoms with Crippen LogP contribution in [0.25, 0.3) is 0 Å². The summed E-state index contributed by atoms with van der Waals surface area (Å²) in [5.41, 5.74) is 1.33.